The highest BCUT2D eigenvalue weighted by molar-refractivity contribution is 5.38. The molecule has 0 amide bonds. The monoisotopic (exact) mass is 285 g/mol. The molecule has 108 valence electrons. The molecule has 0 aliphatic carbocycles. The maximum atomic E-state index is 11.4. The fourth-order valence-corrected chi connectivity index (χ4v) is 2.60. The Bertz CT molecular complexity index is 654. The number of hydrogen-bond acceptors (Lipinski definition) is 4. The van der Waals surface area contributed by atoms with E-state index in [1.807, 2.05) is 36.4 Å². The molecular weight excluding hydrogens is 270 g/mol. The predicted molar refractivity (Wildman–Crippen MR) is 77.3 cm³/mol. The smallest absolute Gasteiger partial charge is 0.257 e. The fraction of sp³-hybridized carbons (Fsp3) is 0.250. The van der Waals surface area contributed by atoms with Crippen LogP contribution in [0.5, 0.6) is 11.5 Å². The van der Waals surface area contributed by atoms with Gasteiger partial charge in [-0.15, -0.1) is 0 Å². The van der Waals surface area contributed by atoms with E-state index >= 15 is 0 Å². The number of rotatable bonds is 3. The van der Waals surface area contributed by atoms with Crippen molar-refractivity contribution in [2.24, 2.45) is 0 Å². The summed E-state index contributed by atoms with van der Waals surface area (Å²) in [5.74, 6) is 1.43. The Labute approximate surface area is 122 Å². The fourth-order valence-electron chi connectivity index (χ4n) is 2.60. The Hall–Kier alpha value is -2.56. The molecule has 2 aromatic rings. The Morgan fingerprint density at radius 3 is 2.57 bits per heavy atom. The van der Waals surface area contributed by atoms with Crippen LogP contribution >= 0.6 is 0 Å². The lowest BCUT2D eigenvalue weighted by molar-refractivity contribution is -0.535. The lowest BCUT2D eigenvalue weighted by Gasteiger charge is -2.28. The highest BCUT2D eigenvalue weighted by Crippen LogP contribution is 2.36. The highest BCUT2D eigenvalue weighted by atomic mass is 16.6. The zero-order chi connectivity index (χ0) is 14.8. The second-order valence-corrected chi connectivity index (χ2v) is 4.98. The summed E-state index contributed by atoms with van der Waals surface area (Å²) in [6, 6.07) is 13.9. The number of ether oxygens (including phenoxy) is 2. The SMILES string of the molecule is COc1ccc([C@@H]2Oc3ccccc3C[C@H]2[N+](=O)[O-])cc1. The molecule has 1 aliphatic heterocycles. The second-order valence-electron chi connectivity index (χ2n) is 4.98. The minimum atomic E-state index is -0.784. The van der Waals surface area contributed by atoms with Gasteiger partial charge in [0.05, 0.1) is 7.11 Å². The van der Waals surface area contributed by atoms with Crippen LogP contribution in [0.4, 0.5) is 0 Å². The van der Waals surface area contributed by atoms with Gasteiger partial charge in [0.1, 0.15) is 11.5 Å². The molecule has 3 rings (SSSR count). The molecule has 0 saturated carbocycles. The number of fused-ring (bicyclic) bond motifs is 1. The van der Waals surface area contributed by atoms with E-state index in [0.717, 1.165) is 16.9 Å². The summed E-state index contributed by atoms with van der Waals surface area (Å²) in [6.45, 7) is 0. The summed E-state index contributed by atoms with van der Waals surface area (Å²) in [5, 5.41) is 11.4. The zero-order valence-electron chi connectivity index (χ0n) is 11.6. The summed E-state index contributed by atoms with van der Waals surface area (Å²) in [7, 11) is 1.59. The normalized spacial score (nSPS) is 20.2. The average Bonchev–Trinajstić information content (AvgIpc) is 2.53. The standard InChI is InChI=1S/C16H15NO4/c1-20-13-8-6-11(7-9-13)16-14(17(18)19)10-12-4-2-3-5-15(12)21-16/h2-9,14,16H,10H2,1H3/t14-,16+/m1/s1. The molecule has 0 N–H and O–H groups in total. The third-order valence-electron chi connectivity index (χ3n) is 3.72. The van der Waals surface area contributed by atoms with Crippen LogP contribution < -0.4 is 9.47 Å². The van der Waals surface area contributed by atoms with Crippen molar-refractivity contribution in [1.82, 2.24) is 0 Å². The van der Waals surface area contributed by atoms with E-state index in [2.05, 4.69) is 0 Å². The van der Waals surface area contributed by atoms with Crippen LogP contribution in [0.25, 0.3) is 0 Å². The third kappa shape index (κ3) is 2.54. The molecule has 1 aliphatic rings. The molecular formula is C16H15NO4. The quantitative estimate of drug-likeness (QED) is 0.642. The minimum absolute atomic E-state index is 0.259. The summed E-state index contributed by atoms with van der Waals surface area (Å²) >= 11 is 0. The van der Waals surface area contributed by atoms with E-state index in [4.69, 9.17) is 9.47 Å². The lowest BCUT2D eigenvalue weighted by atomic mass is 9.93. The molecule has 5 nitrogen and oxygen atoms in total. The van der Waals surface area contributed by atoms with Crippen molar-refractivity contribution in [3.63, 3.8) is 0 Å². The van der Waals surface area contributed by atoms with Crippen molar-refractivity contribution in [3.8, 4) is 11.5 Å². The van der Waals surface area contributed by atoms with Crippen LogP contribution in [0.2, 0.25) is 0 Å². The predicted octanol–water partition coefficient (Wildman–Crippen LogP) is 3.02. The number of hydrogen-bond donors (Lipinski definition) is 0. The van der Waals surface area contributed by atoms with Gasteiger partial charge in [0, 0.05) is 16.9 Å². The Balaban J connectivity index is 1.96. The van der Waals surface area contributed by atoms with Gasteiger partial charge in [-0.3, -0.25) is 10.1 Å². The highest BCUT2D eigenvalue weighted by Gasteiger charge is 2.39. The topological polar surface area (TPSA) is 61.6 Å². The van der Waals surface area contributed by atoms with E-state index in [0.29, 0.717) is 12.2 Å². The Kier molecular flexibility index (Phi) is 3.48. The van der Waals surface area contributed by atoms with Gasteiger partial charge in [-0.05, 0) is 23.8 Å². The number of nitrogens with zero attached hydrogens (tertiary/aromatic N) is 1. The van der Waals surface area contributed by atoms with Gasteiger partial charge < -0.3 is 9.47 Å². The Morgan fingerprint density at radius 1 is 1.19 bits per heavy atom. The van der Waals surface area contributed by atoms with E-state index in [-0.39, 0.29) is 4.92 Å². The number of methoxy groups -OCH3 is 1. The Morgan fingerprint density at radius 2 is 1.90 bits per heavy atom. The number of benzene rings is 2. The first-order valence-corrected chi connectivity index (χ1v) is 6.71. The lowest BCUT2D eigenvalue weighted by Crippen LogP contribution is -2.36. The zero-order valence-corrected chi connectivity index (χ0v) is 11.6. The van der Waals surface area contributed by atoms with Gasteiger partial charge in [0.25, 0.3) is 6.04 Å². The van der Waals surface area contributed by atoms with Gasteiger partial charge in [0.15, 0.2) is 6.10 Å². The van der Waals surface area contributed by atoms with Crippen LogP contribution in [-0.2, 0) is 6.42 Å². The summed E-state index contributed by atoms with van der Waals surface area (Å²) in [6.07, 6.45) is -0.208. The first kappa shape index (κ1) is 13.4. The molecule has 0 unspecified atom stereocenters. The van der Waals surface area contributed by atoms with Crippen molar-refractivity contribution >= 4 is 0 Å². The van der Waals surface area contributed by atoms with E-state index in [1.165, 1.54) is 0 Å². The molecule has 0 spiro atoms. The van der Waals surface area contributed by atoms with Crippen molar-refractivity contribution in [3.05, 3.63) is 69.8 Å². The molecule has 1 heterocycles. The largest absolute Gasteiger partial charge is 0.497 e. The third-order valence-corrected chi connectivity index (χ3v) is 3.72. The molecule has 0 aromatic heterocycles. The van der Waals surface area contributed by atoms with Crippen molar-refractivity contribution in [2.45, 2.75) is 18.6 Å². The van der Waals surface area contributed by atoms with Crippen LogP contribution in [0.3, 0.4) is 0 Å². The second kappa shape index (κ2) is 5.44. The van der Waals surface area contributed by atoms with Crippen molar-refractivity contribution in [1.29, 1.82) is 0 Å². The average molecular weight is 285 g/mol. The summed E-state index contributed by atoms with van der Waals surface area (Å²) in [5.41, 5.74) is 1.66. The summed E-state index contributed by atoms with van der Waals surface area (Å²) in [4.78, 5) is 11.1. The first-order valence-electron chi connectivity index (χ1n) is 6.71. The molecule has 0 radical (unpaired) electrons. The van der Waals surface area contributed by atoms with E-state index in [9.17, 15) is 10.1 Å². The summed E-state index contributed by atoms with van der Waals surface area (Å²) < 4.78 is 11.0. The minimum Gasteiger partial charge on any atom is -0.497 e. The van der Waals surface area contributed by atoms with Crippen molar-refractivity contribution in [2.75, 3.05) is 7.11 Å². The maximum absolute atomic E-state index is 11.4. The van der Waals surface area contributed by atoms with Crippen LogP contribution in [-0.4, -0.2) is 18.1 Å². The van der Waals surface area contributed by atoms with Crippen LogP contribution in [0, 0.1) is 10.1 Å². The molecule has 0 fully saturated rings. The van der Waals surface area contributed by atoms with Gasteiger partial charge in [-0.1, -0.05) is 30.3 Å². The van der Waals surface area contributed by atoms with Crippen LogP contribution in [0.15, 0.2) is 48.5 Å². The molecule has 0 bridgehead atoms. The molecule has 0 saturated heterocycles. The van der Waals surface area contributed by atoms with Gasteiger partial charge >= 0.3 is 0 Å². The van der Waals surface area contributed by atoms with Crippen LogP contribution in [0.1, 0.15) is 17.2 Å². The number of para-hydroxylation sites is 1. The van der Waals surface area contributed by atoms with E-state index in [1.54, 1.807) is 19.2 Å². The maximum Gasteiger partial charge on any atom is 0.257 e. The van der Waals surface area contributed by atoms with Gasteiger partial charge in [-0.25, -0.2) is 0 Å². The molecule has 5 heteroatoms. The van der Waals surface area contributed by atoms with Gasteiger partial charge in [0.2, 0.25) is 0 Å². The van der Waals surface area contributed by atoms with E-state index < -0.39 is 12.1 Å². The molecule has 2 aromatic carbocycles. The van der Waals surface area contributed by atoms with Gasteiger partial charge in [-0.2, -0.15) is 0 Å². The first-order chi connectivity index (χ1) is 10.2. The number of nitro groups is 1. The molecule has 2 atom stereocenters. The van der Waals surface area contributed by atoms with Crippen molar-refractivity contribution < 1.29 is 14.4 Å². The molecule has 21 heavy (non-hydrogen) atoms.